The van der Waals surface area contributed by atoms with Crippen LogP contribution in [0.4, 0.5) is 0 Å². The molecule has 0 fully saturated rings. The minimum atomic E-state index is 0.445. The van der Waals surface area contributed by atoms with Crippen LogP contribution in [-0.4, -0.2) is 16.2 Å². The minimum absolute atomic E-state index is 0.445. The first-order valence-corrected chi connectivity index (χ1v) is 5.81. The molecule has 0 aliphatic carbocycles. The number of hydrogen-bond acceptors (Lipinski definition) is 5. The zero-order valence-corrected chi connectivity index (χ0v) is 10.4. The van der Waals surface area contributed by atoms with Crippen LogP contribution in [0.1, 0.15) is 31.9 Å². The predicted molar refractivity (Wildman–Crippen MR) is 63.3 cm³/mol. The van der Waals surface area contributed by atoms with E-state index in [1.807, 2.05) is 13.0 Å². The summed E-state index contributed by atoms with van der Waals surface area (Å²) in [5, 5.41) is 7.24. The average molecular weight is 235 g/mol. The lowest BCUT2D eigenvalue weighted by atomic mass is 10.2. The quantitative estimate of drug-likeness (QED) is 0.862. The van der Waals surface area contributed by atoms with Gasteiger partial charge in [-0.15, -0.1) is 0 Å². The molecule has 1 N–H and O–H groups in total. The molecular weight excluding hydrogens is 218 g/mol. The van der Waals surface area contributed by atoms with Gasteiger partial charge in [0.2, 0.25) is 11.7 Å². The molecule has 2 rings (SSSR count). The van der Waals surface area contributed by atoms with Crippen molar-refractivity contribution < 1.29 is 8.94 Å². The number of aryl methyl sites for hydroxylation is 1. The minimum Gasteiger partial charge on any atom is -0.469 e. The molecule has 5 nitrogen and oxygen atoms in total. The summed E-state index contributed by atoms with van der Waals surface area (Å²) in [6.07, 6.45) is 2.69. The first-order chi connectivity index (χ1) is 8.20. The first kappa shape index (κ1) is 11.9. The van der Waals surface area contributed by atoms with Crippen molar-refractivity contribution in [3.8, 4) is 11.4 Å². The molecule has 0 bridgehead atoms. The van der Waals surface area contributed by atoms with Crippen molar-refractivity contribution in [1.82, 2.24) is 15.5 Å². The maximum Gasteiger partial charge on any atom is 0.240 e. The molecule has 1 atom stereocenters. The number of hydrogen-bond donors (Lipinski definition) is 1. The molecule has 5 heteroatoms. The maximum atomic E-state index is 5.21. The van der Waals surface area contributed by atoms with Crippen molar-refractivity contribution >= 4 is 0 Å². The summed E-state index contributed by atoms with van der Waals surface area (Å²) in [6.45, 7) is 6.73. The van der Waals surface area contributed by atoms with E-state index in [4.69, 9.17) is 8.94 Å². The van der Waals surface area contributed by atoms with Crippen LogP contribution in [0, 0.1) is 6.92 Å². The van der Waals surface area contributed by atoms with E-state index in [0.29, 0.717) is 24.3 Å². The van der Waals surface area contributed by atoms with Gasteiger partial charge >= 0.3 is 0 Å². The second-order valence-corrected chi connectivity index (χ2v) is 4.09. The molecule has 0 saturated carbocycles. The Hall–Kier alpha value is -1.62. The molecule has 0 radical (unpaired) electrons. The number of rotatable bonds is 5. The van der Waals surface area contributed by atoms with Gasteiger partial charge < -0.3 is 14.3 Å². The smallest absolute Gasteiger partial charge is 0.240 e. The summed E-state index contributed by atoms with van der Waals surface area (Å²) in [7, 11) is 0. The van der Waals surface area contributed by atoms with Gasteiger partial charge in [0.05, 0.1) is 18.4 Å². The van der Waals surface area contributed by atoms with Crippen LogP contribution in [0.5, 0.6) is 0 Å². The lowest BCUT2D eigenvalue weighted by Gasteiger charge is -2.07. The standard InChI is InChI=1S/C12H17N3O2/c1-4-8(2)13-7-11-14-12(15-17-11)10-5-6-16-9(10)3/h5-6,8,13H,4,7H2,1-3H3. The fraction of sp³-hybridized carbons (Fsp3) is 0.500. The second-order valence-electron chi connectivity index (χ2n) is 4.09. The molecule has 2 heterocycles. The number of nitrogens with one attached hydrogen (secondary N) is 1. The van der Waals surface area contributed by atoms with Crippen molar-refractivity contribution in [1.29, 1.82) is 0 Å². The topological polar surface area (TPSA) is 64.1 Å². The summed E-state index contributed by atoms with van der Waals surface area (Å²) < 4.78 is 10.4. The molecule has 92 valence electrons. The fourth-order valence-corrected chi connectivity index (χ4v) is 1.46. The molecule has 0 aliphatic heterocycles. The van der Waals surface area contributed by atoms with E-state index >= 15 is 0 Å². The van der Waals surface area contributed by atoms with E-state index < -0.39 is 0 Å². The molecule has 17 heavy (non-hydrogen) atoms. The first-order valence-electron chi connectivity index (χ1n) is 5.81. The Bertz CT molecular complexity index is 476. The number of furan rings is 1. The van der Waals surface area contributed by atoms with Crippen LogP contribution in [0.15, 0.2) is 21.3 Å². The van der Waals surface area contributed by atoms with Crippen LogP contribution >= 0.6 is 0 Å². The van der Waals surface area contributed by atoms with Gasteiger partial charge in [-0.05, 0) is 26.3 Å². The van der Waals surface area contributed by atoms with Crippen LogP contribution < -0.4 is 5.32 Å². The molecule has 2 aromatic rings. The lowest BCUT2D eigenvalue weighted by Crippen LogP contribution is -2.24. The zero-order chi connectivity index (χ0) is 12.3. The van der Waals surface area contributed by atoms with E-state index in [-0.39, 0.29) is 0 Å². The summed E-state index contributed by atoms with van der Waals surface area (Å²) in [4.78, 5) is 4.32. The van der Waals surface area contributed by atoms with Crippen molar-refractivity contribution in [3.63, 3.8) is 0 Å². The highest BCUT2D eigenvalue weighted by atomic mass is 16.5. The van der Waals surface area contributed by atoms with Gasteiger partial charge in [-0.3, -0.25) is 0 Å². The van der Waals surface area contributed by atoms with Gasteiger partial charge in [-0.25, -0.2) is 0 Å². The SMILES string of the molecule is CCC(C)NCc1nc(-c2ccoc2C)no1. The monoisotopic (exact) mass is 235 g/mol. The highest BCUT2D eigenvalue weighted by Crippen LogP contribution is 2.20. The lowest BCUT2D eigenvalue weighted by molar-refractivity contribution is 0.358. The Labute approximate surface area is 100 Å². The Morgan fingerprint density at radius 3 is 2.94 bits per heavy atom. The Balaban J connectivity index is 2.04. The second kappa shape index (κ2) is 5.14. The third kappa shape index (κ3) is 2.74. The van der Waals surface area contributed by atoms with Crippen LogP contribution in [0.3, 0.4) is 0 Å². The molecule has 0 aromatic carbocycles. The zero-order valence-electron chi connectivity index (χ0n) is 10.4. The molecule has 1 unspecified atom stereocenters. The Morgan fingerprint density at radius 1 is 1.47 bits per heavy atom. The van der Waals surface area contributed by atoms with Crippen molar-refractivity contribution in [3.05, 3.63) is 24.0 Å². The predicted octanol–water partition coefficient (Wildman–Crippen LogP) is 2.53. The van der Waals surface area contributed by atoms with Crippen molar-refractivity contribution in [2.75, 3.05) is 0 Å². The highest BCUT2D eigenvalue weighted by molar-refractivity contribution is 5.55. The molecular formula is C12H17N3O2. The van der Waals surface area contributed by atoms with Crippen LogP contribution in [0.25, 0.3) is 11.4 Å². The fourth-order valence-electron chi connectivity index (χ4n) is 1.46. The van der Waals surface area contributed by atoms with E-state index in [9.17, 15) is 0 Å². The summed E-state index contributed by atoms with van der Waals surface area (Å²) >= 11 is 0. The highest BCUT2D eigenvalue weighted by Gasteiger charge is 2.12. The van der Waals surface area contributed by atoms with Gasteiger partial charge in [0.1, 0.15) is 5.76 Å². The van der Waals surface area contributed by atoms with E-state index in [1.54, 1.807) is 6.26 Å². The summed E-state index contributed by atoms with van der Waals surface area (Å²) in [5.74, 6) is 1.98. The molecule has 2 aromatic heterocycles. The van der Waals surface area contributed by atoms with Crippen molar-refractivity contribution in [2.45, 2.75) is 39.8 Å². The average Bonchev–Trinajstić information content (AvgIpc) is 2.94. The number of aromatic nitrogens is 2. The Morgan fingerprint density at radius 2 is 2.29 bits per heavy atom. The number of nitrogens with zero attached hydrogens (tertiary/aromatic N) is 2. The van der Waals surface area contributed by atoms with Gasteiger partial charge in [0, 0.05) is 6.04 Å². The maximum absolute atomic E-state index is 5.21. The third-order valence-corrected chi connectivity index (χ3v) is 2.78. The van der Waals surface area contributed by atoms with Crippen LogP contribution in [0.2, 0.25) is 0 Å². The molecule has 0 aliphatic rings. The van der Waals surface area contributed by atoms with Gasteiger partial charge in [-0.2, -0.15) is 4.98 Å². The normalized spacial score (nSPS) is 12.9. The molecule has 0 spiro atoms. The van der Waals surface area contributed by atoms with Gasteiger partial charge in [0.25, 0.3) is 0 Å². The van der Waals surface area contributed by atoms with E-state index in [2.05, 4.69) is 29.3 Å². The molecule has 0 amide bonds. The van der Waals surface area contributed by atoms with Gasteiger partial charge in [-0.1, -0.05) is 12.1 Å². The summed E-state index contributed by atoms with van der Waals surface area (Å²) in [5.41, 5.74) is 0.878. The van der Waals surface area contributed by atoms with E-state index in [0.717, 1.165) is 17.7 Å². The summed E-state index contributed by atoms with van der Waals surface area (Å²) in [6, 6.07) is 2.28. The van der Waals surface area contributed by atoms with Crippen molar-refractivity contribution in [2.24, 2.45) is 0 Å². The van der Waals surface area contributed by atoms with Crippen LogP contribution in [-0.2, 0) is 6.54 Å². The Kier molecular flexibility index (Phi) is 3.58. The van der Waals surface area contributed by atoms with Gasteiger partial charge in [0.15, 0.2) is 0 Å². The largest absolute Gasteiger partial charge is 0.469 e. The third-order valence-electron chi connectivity index (χ3n) is 2.78. The van der Waals surface area contributed by atoms with E-state index in [1.165, 1.54) is 0 Å². The molecule has 0 saturated heterocycles.